The maximum Gasteiger partial charge on any atom is 0.238 e. The van der Waals surface area contributed by atoms with Gasteiger partial charge in [-0.3, -0.25) is 4.79 Å². The zero-order chi connectivity index (χ0) is 14.9. The van der Waals surface area contributed by atoms with E-state index in [2.05, 4.69) is 0 Å². The minimum atomic E-state index is -3.75. The van der Waals surface area contributed by atoms with Crippen molar-refractivity contribution in [3.05, 3.63) is 23.8 Å². The Labute approximate surface area is 118 Å². The molecule has 2 rings (SSSR count). The number of benzene rings is 1. The van der Waals surface area contributed by atoms with Crippen LogP contribution in [-0.4, -0.2) is 39.4 Å². The van der Waals surface area contributed by atoms with E-state index in [1.165, 1.54) is 12.1 Å². The van der Waals surface area contributed by atoms with E-state index in [4.69, 9.17) is 9.88 Å². The first-order chi connectivity index (χ1) is 9.32. The summed E-state index contributed by atoms with van der Waals surface area (Å²) < 4.78 is 28.2. The molecule has 6 nitrogen and oxygen atoms in total. The lowest BCUT2D eigenvalue weighted by molar-refractivity contribution is -0.135. The Morgan fingerprint density at radius 1 is 1.50 bits per heavy atom. The van der Waals surface area contributed by atoms with Crippen LogP contribution in [0.25, 0.3) is 0 Å². The van der Waals surface area contributed by atoms with Gasteiger partial charge in [-0.05, 0) is 37.1 Å². The molecule has 0 saturated heterocycles. The minimum Gasteiger partial charge on any atom is -0.492 e. The zero-order valence-corrected chi connectivity index (χ0v) is 12.3. The zero-order valence-electron chi connectivity index (χ0n) is 11.5. The van der Waals surface area contributed by atoms with Gasteiger partial charge in [0.15, 0.2) is 0 Å². The van der Waals surface area contributed by atoms with Crippen molar-refractivity contribution in [1.82, 2.24) is 4.90 Å². The van der Waals surface area contributed by atoms with Gasteiger partial charge in [0.05, 0.1) is 10.8 Å². The summed E-state index contributed by atoms with van der Waals surface area (Å²) in [4.78, 5) is 13.8. The topological polar surface area (TPSA) is 89.7 Å². The number of primary sulfonamides is 1. The lowest BCUT2D eigenvalue weighted by Crippen LogP contribution is -2.38. The van der Waals surface area contributed by atoms with Crippen molar-refractivity contribution in [3.63, 3.8) is 0 Å². The number of amides is 1. The van der Waals surface area contributed by atoms with E-state index < -0.39 is 10.0 Å². The summed E-state index contributed by atoms with van der Waals surface area (Å²) >= 11 is 0. The molecule has 2 N–H and O–H groups in total. The Balaban J connectivity index is 2.27. The van der Waals surface area contributed by atoms with Gasteiger partial charge < -0.3 is 9.64 Å². The van der Waals surface area contributed by atoms with Crippen LogP contribution in [0.5, 0.6) is 5.75 Å². The Morgan fingerprint density at radius 2 is 2.20 bits per heavy atom. The predicted octanol–water partition coefficient (Wildman–Crippen LogP) is 0.363. The standard InChI is InChI=1S/C13H18N2O4S/c1-3-15(2)13(16)10-6-9-7-11(20(14,17)18)4-5-12(9)19-8-10/h4-5,7,10H,3,6,8H2,1-2H3,(H2,14,17,18). The molecule has 1 atom stereocenters. The summed E-state index contributed by atoms with van der Waals surface area (Å²) in [6, 6.07) is 4.48. The van der Waals surface area contributed by atoms with E-state index in [0.29, 0.717) is 30.9 Å². The van der Waals surface area contributed by atoms with Gasteiger partial charge in [0.2, 0.25) is 15.9 Å². The molecule has 1 heterocycles. The normalized spacial score (nSPS) is 18.1. The highest BCUT2D eigenvalue weighted by molar-refractivity contribution is 7.89. The first-order valence-electron chi connectivity index (χ1n) is 6.36. The summed E-state index contributed by atoms with van der Waals surface area (Å²) in [5, 5.41) is 5.11. The fraction of sp³-hybridized carbons (Fsp3) is 0.462. The molecule has 1 aromatic carbocycles. The molecule has 1 unspecified atom stereocenters. The average Bonchev–Trinajstić information content (AvgIpc) is 2.43. The molecule has 20 heavy (non-hydrogen) atoms. The molecule has 1 amide bonds. The number of sulfonamides is 1. The number of fused-ring (bicyclic) bond motifs is 1. The lowest BCUT2D eigenvalue weighted by atomic mass is 9.95. The van der Waals surface area contributed by atoms with Crippen molar-refractivity contribution >= 4 is 15.9 Å². The van der Waals surface area contributed by atoms with Gasteiger partial charge in [-0.25, -0.2) is 13.6 Å². The Bertz CT molecular complexity index is 627. The second-order valence-electron chi connectivity index (χ2n) is 4.88. The number of carbonyl (C=O) groups is 1. The molecular formula is C13H18N2O4S. The molecule has 110 valence electrons. The van der Waals surface area contributed by atoms with Crippen LogP contribution < -0.4 is 9.88 Å². The highest BCUT2D eigenvalue weighted by atomic mass is 32.2. The smallest absolute Gasteiger partial charge is 0.238 e. The van der Waals surface area contributed by atoms with Crippen molar-refractivity contribution in [2.45, 2.75) is 18.2 Å². The van der Waals surface area contributed by atoms with E-state index >= 15 is 0 Å². The molecule has 0 saturated carbocycles. The number of hydrogen-bond acceptors (Lipinski definition) is 4. The number of nitrogens with zero attached hydrogens (tertiary/aromatic N) is 1. The monoisotopic (exact) mass is 298 g/mol. The first kappa shape index (κ1) is 14.8. The van der Waals surface area contributed by atoms with Crippen LogP contribution in [-0.2, 0) is 21.2 Å². The third-order valence-electron chi connectivity index (χ3n) is 3.47. The maximum atomic E-state index is 12.1. The van der Waals surface area contributed by atoms with Crippen LogP contribution in [0.4, 0.5) is 0 Å². The van der Waals surface area contributed by atoms with E-state index in [1.807, 2.05) is 6.92 Å². The van der Waals surface area contributed by atoms with Crippen LogP contribution >= 0.6 is 0 Å². The molecule has 1 aromatic rings. The highest BCUT2D eigenvalue weighted by Gasteiger charge is 2.28. The number of rotatable bonds is 3. The molecule has 0 fully saturated rings. The third kappa shape index (κ3) is 2.94. The molecule has 1 aliphatic rings. The molecule has 0 aromatic heterocycles. The summed E-state index contributed by atoms with van der Waals surface area (Å²) in [5.41, 5.74) is 0.700. The van der Waals surface area contributed by atoms with Gasteiger partial charge in [-0.2, -0.15) is 0 Å². The van der Waals surface area contributed by atoms with Crippen LogP contribution in [0.15, 0.2) is 23.1 Å². The second kappa shape index (κ2) is 5.41. The lowest BCUT2D eigenvalue weighted by Gasteiger charge is -2.28. The molecule has 0 radical (unpaired) electrons. The molecule has 0 bridgehead atoms. The van der Waals surface area contributed by atoms with Crippen LogP contribution in [0, 0.1) is 5.92 Å². The molecule has 0 aliphatic carbocycles. The number of hydrogen-bond donors (Lipinski definition) is 1. The van der Waals surface area contributed by atoms with E-state index in [0.717, 1.165) is 0 Å². The quantitative estimate of drug-likeness (QED) is 0.872. The fourth-order valence-corrected chi connectivity index (χ4v) is 2.74. The Morgan fingerprint density at radius 3 is 2.80 bits per heavy atom. The van der Waals surface area contributed by atoms with Gasteiger partial charge >= 0.3 is 0 Å². The number of ether oxygens (including phenoxy) is 1. The summed E-state index contributed by atoms with van der Waals surface area (Å²) in [6.45, 7) is 2.83. The van der Waals surface area contributed by atoms with E-state index in [1.54, 1.807) is 18.0 Å². The van der Waals surface area contributed by atoms with E-state index in [-0.39, 0.29) is 16.7 Å². The molecular weight excluding hydrogens is 280 g/mol. The predicted molar refractivity (Wildman–Crippen MR) is 73.8 cm³/mol. The number of carbonyl (C=O) groups excluding carboxylic acids is 1. The molecule has 7 heteroatoms. The van der Waals surface area contributed by atoms with Crippen LogP contribution in [0.2, 0.25) is 0 Å². The minimum absolute atomic E-state index is 0.000779. The van der Waals surface area contributed by atoms with Gasteiger partial charge in [0.1, 0.15) is 12.4 Å². The van der Waals surface area contributed by atoms with Crippen LogP contribution in [0.1, 0.15) is 12.5 Å². The SMILES string of the molecule is CCN(C)C(=O)C1COc2ccc(S(N)(=O)=O)cc2C1. The summed E-state index contributed by atoms with van der Waals surface area (Å²) in [7, 11) is -2.01. The highest BCUT2D eigenvalue weighted by Crippen LogP contribution is 2.29. The summed E-state index contributed by atoms with van der Waals surface area (Å²) in [5.74, 6) is 0.322. The Hall–Kier alpha value is -1.60. The number of nitrogens with two attached hydrogens (primary N) is 1. The van der Waals surface area contributed by atoms with Crippen LogP contribution in [0.3, 0.4) is 0 Å². The molecule has 1 aliphatic heterocycles. The van der Waals surface area contributed by atoms with Crippen molar-refractivity contribution in [3.8, 4) is 5.75 Å². The largest absolute Gasteiger partial charge is 0.492 e. The van der Waals surface area contributed by atoms with Gasteiger partial charge in [-0.15, -0.1) is 0 Å². The van der Waals surface area contributed by atoms with Gasteiger partial charge in [0.25, 0.3) is 0 Å². The summed E-state index contributed by atoms with van der Waals surface area (Å²) in [6.07, 6.45) is 0.460. The van der Waals surface area contributed by atoms with Crippen molar-refractivity contribution in [2.75, 3.05) is 20.2 Å². The Kier molecular flexibility index (Phi) is 4.01. The molecule has 0 spiro atoms. The third-order valence-corrected chi connectivity index (χ3v) is 4.38. The maximum absolute atomic E-state index is 12.1. The van der Waals surface area contributed by atoms with Crippen molar-refractivity contribution in [2.24, 2.45) is 11.1 Å². The van der Waals surface area contributed by atoms with Crippen molar-refractivity contribution < 1.29 is 17.9 Å². The van der Waals surface area contributed by atoms with Gasteiger partial charge in [-0.1, -0.05) is 0 Å². The average molecular weight is 298 g/mol. The van der Waals surface area contributed by atoms with Gasteiger partial charge in [0, 0.05) is 13.6 Å². The van der Waals surface area contributed by atoms with Crippen molar-refractivity contribution in [1.29, 1.82) is 0 Å². The van der Waals surface area contributed by atoms with E-state index in [9.17, 15) is 13.2 Å². The first-order valence-corrected chi connectivity index (χ1v) is 7.91. The fourth-order valence-electron chi connectivity index (χ4n) is 2.17. The second-order valence-corrected chi connectivity index (χ2v) is 6.44.